The van der Waals surface area contributed by atoms with Crippen molar-refractivity contribution in [1.29, 1.82) is 0 Å². The average molecular weight is 279 g/mol. The largest absolute Gasteiger partial charge is 0.464 e. The zero-order valence-corrected chi connectivity index (χ0v) is 11.8. The molecule has 0 spiro atoms. The summed E-state index contributed by atoms with van der Waals surface area (Å²) in [5.41, 5.74) is -1.13. The maximum absolute atomic E-state index is 12.8. The molecule has 1 aromatic rings. The molecule has 0 bridgehead atoms. The smallest absolute Gasteiger partial charge is 0.440 e. The molecule has 0 saturated carbocycles. The van der Waals surface area contributed by atoms with Gasteiger partial charge >= 0.3 is 6.18 Å². The molecule has 1 rings (SSSR count). The molecule has 0 unspecified atom stereocenters. The molecule has 0 aliphatic heterocycles. The van der Waals surface area contributed by atoms with Crippen LogP contribution in [0.4, 0.5) is 13.2 Å². The Hall–Kier alpha value is -1.24. The fourth-order valence-electron chi connectivity index (χ4n) is 1.23. The van der Waals surface area contributed by atoms with Crippen LogP contribution in [0.1, 0.15) is 12.7 Å². The second-order valence-corrected chi connectivity index (χ2v) is 9.76. The summed E-state index contributed by atoms with van der Waals surface area (Å²) in [5, 5.41) is 3.70. The second-order valence-electron chi connectivity index (χ2n) is 4.77. The van der Waals surface area contributed by atoms with Gasteiger partial charge in [0.2, 0.25) is 5.71 Å². The minimum Gasteiger partial charge on any atom is -0.464 e. The summed E-state index contributed by atoms with van der Waals surface area (Å²) < 4.78 is 43.6. The fourth-order valence-corrected chi connectivity index (χ4v) is 2.23. The number of nitrogens with zero attached hydrogens (tertiary/aromatic N) is 1. The van der Waals surface area contributed by atoms with E-state index in [1.165, 1.54) is 6.07 Å². The molecule has 7 heteroatoms. The van der Waals surface area contributed by atoms with Crippen LogP contribution in [0.15, 0.2) is 21.7 Å². The van der Waals surface area contributed by atoms with Crippen molar-refractivity contribution in [2.75, 3.05) is 6.61 Å². The zero-order chi connectivity index (χ0) is 14.0. The third-order valence-electron chi connectivity index (χ3n) is 2.13. The standard InChI is InChI=1S/C11H16F3NO2Si/c1-5-16-15-10(11(12,13)14)8-6-7-9(17-8)18(2,3)4/h6-7H,5H2,1-4H3/b15-10+. The third kappa shape index (κ3) is 3.62. The van der Waals surface area contributed by atoms with Crippen molar-refractivity contribution in [3.63, 3.8) is 0 Å². The second kappa shape index (κ2) is 5.17. The number of hydrogen-bond acceptors (Lipinski definition) is 3. The van der Waals surface area contributed by atoms with E-state index >= 15 is 0 Å². The number of halogens is 3. The highest BCUT2D eigenvalue weighted by Crippen LogP contribution is 2.23. The van der Waals surface area contributed by atoms with Crippen molar-refractivity contribution in [2.24, 2.45) is 5.16 Å². The Kier molecular flexibility index (Phi) is 4.26. The Morgan fingerprint density at radius 1 is 1.33 bits per heavy atom. The van der Waals surface area contributed by atoms with Crippen LogP contribution >= 0.6 is 0 Å². The van der Waals surface area contributed by atoms with Crippen LogP contribution in [0.2, 0.25) is 19.6 Å². The molecule has 0 aliphatic rings. The molecule has 1 aromatic heterocycles. The average Bonchev–Trinajstić information content (AvgIpc) is 2.64. The maximum atomic E-state index is 12.8. The number of hydrogen-bond donors (Lipinski definition) is 0. The normalized spacial score (nSPS) is 13.8. The summed E-state index contributed by atoms with van der Waals surface area (Å²) in [5.74, 6) is -0.298. The van der Waals surface area contributed by atoms with Crippen LogP contribution < -0.4 is 5.38 Å². The Morgan fingerprint density at radius 2 is 1.94 bits per heavy atom. The van der Waals surface area contributed by atoms with Crippen LogP contribution in [-0.2, 0) is 4.84 Å². The predicted octanol–water partition coefficient (Wildman–Crippen LogP) is 3.13. The molecule has 0 fully saturated rings. The predicted molar refractivity (Wildman–Crippen MR) is 65.9 cm³/mol. The van der Waals surface area contributed by atoms with Crippen LogP contribution in [0.25, 0.3) is 0 Å². The van der Waals surface area contributed by atoms with Crippen LogP contribution in [-0.4, -0.2) is 26.6 Å². The molecule has 0 saturated heterocycles. The van der Waals surface area contributed by atoms with Gasteiger partial charge < -0.3 is 9.25 Å². The highest BCUT2D eigenvalue weighted by Gasteiger charge is 2.40. The number of furan rings is 1. The van der Waals surface area contributed by atoms with E-state index in [-0.39, 0.29) is 12.4 Å². The molecule has 0 aliphatic carbocycles. The minimum atomic E-state index is -4.59. The van der Waals surface area contributed by atoms with Gasteiger partial charge in [-0.15, -0.1) is 0 Å². The monoisotopic (exact) mass is 279 g/mol. The molecule has 0 amide bonds. The Morgan fingerprint density at radius 3 is 2.33 bits per heavy atom. The molecular weight excluding hydrogens is 263 g/mol. The van der Waals surface area contributed by atoms with Crippen molar-refractivity contribution >= 4 is 19.2 Å². The van der Waals surface area contributed by atoms with E-state index in [0.717, 1.165) is 0 Å². The van der Waals surface area contributed by atoms with Crippen LogP contribution in [0, 0.1) is 0 Å². The molecule has 18 heavy (non-hydrogen) atoms. The van der Waals surface area contributed by atoms with Crippen molar-refractivity contribution in [3.05, 3.63) is 17.9 Å². The third-order valence-corrected chi connectivity index (χ3v) is 3.88. The molecule has 0 radical (unpaired) electrons. The van der Waals surface area contributed by atoms with Crippen molar-refractivity contribution in [1.82, 2.24) is 0 Å². The van der Waals surface area contributed by atoms with E-state index < -0.39 is 20.0 Å². The first-order valence-electron chi connectivity index (χ1n) is 5.54. The van der Waals surface area contributed by atoms with E-state index in [2.05, 4.69) is 9.99 Å². The van der Waals surface area contributed by atoms with Gasteiger partial charge in [0.05, 0.1) is 5.38 Å². The summed E-state index contributed by atoms with van der Waals surface area (Å²) >= 11 is 0. The first kappa shape index (κ1) is 14.8. The molecule has 0 atom stereocenters. The quantitative estimate of drug-likeness (QED) is 0.482. The summed E-state index contributed by atoms with van der Waals surface area (Å²) in [7, 11) is -1.78. The van der Waals surface area contributed by atoms with E-state index in [1.807, 2.05) is 19.6 Å². The zero-order valence-electron chi connectivity index (χ0n) is 10.8. The van der Waals surface area contributed by atoms with Gasteiger partial charge in [-0.05, 0) is 19.1 Å². The Balaban J connectivity index is 3.12. The number of rotatable bonds is 4. The lowest BCUT2D eigenvalue weighted by Gasteiger charge is -2.12. The van der Waals surface area contributed by atoms with Crippen LogP contribution in [0.5, 0.6) is 0 Å². The summed E-state index contributed by atoms with van der Waals surface area (Å²) in [6.07, 6.45) is -4.59. The fraction of sp³-hybridized carbons (Fsp3) is 0.545. The van der Waals surface area contributed by atoms with Gasteiger partial charge in [0, 0.05) is 0 Å². The molecule has 0 aromatic carbocycles. The maximum Gasteiger partial charge on any atom is 0.440 e. The number of alkyl halides is 3. The van der Waals surface area contributed by atoms with Gasteiger partial charge in [-0.3, -0.25) is 0 Å². The summed E-state index contributed by atoms with van der Waals surface area (Å²) in [6, 6.07) is 2.87. The van der Waals surface area contributed by atoms with E-state index in [1.54, 1.807) is 13.0 Å². The van der Waals surface area contributed by atoms with Gasteiger partial charge in [0.25, 0.3) is 0 Å². The van der Waals surface area contributed by atoms with E-state index in [0.29, 0.717) is 5.38 Å². The Bertz CT molecular complexity index is 432. The minimum absolute atomic E-state index is 0.0706. The first-order valence-corrected chi connectivity index (χ1v) is 9.04. The first-order chi connectivity index (χ1) is 8.16. The molecular formula is C11H16F3NO2Si. The molecule has 3 nitrogen and oxygen atoms in total. The van der Waals surface area contributed by atoms with Crippen LogP contribution in [0.3, 0.4) is 0 Å². The SMILES string of the molecule is CCO/N=C(\c1ccc([Si](C)(C)C)o1)C(F)(F)F. The van der Waals surface area contributed by atoms with Gasteiger partial charge in [-0.25, -0.2) is 0 Å². The summed E-state index contributed by atoms with van der Waals surface area (Å²) in [6.45, 7) is 7.60. The van der Waals surface area contributed by atoms with E-state index in [4.69, 9.17) is 4.42 Å². The van der Waals surface area contributed by atoms with Crippen molar-refractivity contribution in [2.45, 2.75) is 32.7 Å². The van der Waals surface area contributed by atoms with Gasteiger partial charge in [0.15, 0.2) is 5.76 Å². The number of oxime groups is 1. The van der Waals surface area contributed by atoms with Crippen molar-refractivity contribution < 1.29 is 22.4 Å². The summed E-state index contributed by atoms with van der Waals surface area (Å²) in [4.78, 5) is 4.49. The topological polar surface area (TPSA) is 34.7 Å². The van der Waals surface area contributed by atoms with Gasteiger partial charge in [-0.1, -0.05) is 24.8 Å². The lowest BCUT2D eigenvalue weighted by atomic mass is 10.3. The molecule has 102 valence electrons. The Labute approximate surface area is 105 Å². The van der Waals surface area contributed by atoms with E-state index in [9.17, 15) is 13.2 Å². The highest BCUT2D eigenvalue weighted by molar-refractivity contribution is 6.87. The van der Waals surface area contributed by atoms with Gasteiger partial charge in [-0.2, -0.15) is 13.2 Å². The van der Waals surface area contributed by atoms with Gasteiger partial charge in [0.1, 0.15) is 14.7 Å². The lowest BCUT2D eigenvalue weighted by Crippen LogP contribution is -2.36. The highest BCUT2D eigenvalue weighted by atomic mass is 28.3. The molecule has 1 heterocycles. The lowest BCUT2D eigenvalue weighted by molar-refractivity contribution is -0.0621. The van der Waals surface area contributed by atoms with Crippen molar-refractivity contribution in [3.8, 4) is 0 Å². The molecule has 0 N–H and O–H groups in total.